The number of para-hydroxylation sites is 1. The molecule has 0 radical (unpaired) electrons. The lowest BCUT2D eigenvalue weighted by molar-refractivity contribution is -0.387. The molecule has 1 aromatic heterocycles. The molecule has 2 heterocycles. The second-order valence-electron chi connectivity index (χ2n) is 6.21. The Labute approximate surface area is 150 Å². The fraction of sp³-hybridized carbons (Fsp3) is 0.467. The fourth-order valence-electron chi connectivity index (χ4n) is 2.67. The van der Waals surface area contributed by atoms with Crippen LogP contribution in [0, 0.1) is 10.1 Å². The first kappa shape index (κ1) is 18.3. The normalized spacial score (nSPS) is 16.2. The summed E-state index contributed by atoms with van der Waals surface area (Å²) in [6.45, 7) is 4.97. The predicted octanol–water partition coefficient (Wildman–Crippen LogP) is 1.61. The van der Waals surface area contributed by atoms with Crippen LogP contribution in [0.2, 0.25) is 0 Å². The monoisotopic (exact) mass is 381 g/mol. The smallest absolute Gasteiger partial charge is 0.322 e. The van der Waals surface area contributed by atoms with Gasteiger partial charge in [0.15, 0.2) is 10.7 Å². The molecule has 3 rings (SSSR count). The summed E-state index contributed by atoms with van der Waals surface area (Å²) in [4.78, 5) is 16.3. The second-order valence-corrected chi connectivity index (χ2v) is 8.11. The molecule has 0 aliphatic carbocycles. The van der Waals surface area contributed by atoms with Crippen molar-refractivity contribution in [1.82, 2.24) is 14.4 Å². The van der Waals surface area contributed by atoms with E-state index in [4.69, 9.17) is 4.52 Å². The lowest BCUT2D eigenvalue weighted by Gasteiger charge is -2.32. The number of nitro benzene ring substituents is 1. The quantitative estimate of drug-likeness (QED) is 0.565. The minimum absolute atomic E-state index is 0.132. The Hall–Kier alpha value is -2.53. The molecule has 2 aromatic rings. The molecule has 11 heteroatoms. The van der Waals surface area contributed by atoms with E-state index < -0.39 is 20.6 Å². The van der Waals surface area contributed by atoms with Crippen molar-refractivity contribution in [3.63, 3.8) is 0 Å². The molecule has 0 atom stereocenters. The van der Waals surface area contributed by atoms with E-state index in [1.165, 1.54) is 28.6 Å². The van der Waals surface area contributed by atoms with E-state index >= 15 is 0 Å². The fourth-order valence-corrected chi connectivity index (χ4v) is 4.25. The van der Waals surface area contributed by atoms with Crippen molar-refractivity contribution in [2.24, 2.45) is 0 Å². The van der Waals surface area contributed by atoms with Crippen LogP contribution in [0.25, 0.3) is 0 Å². The average Bonchev–Trinajstić information content (AvgIpc) is 3.12. The molecule has 1 aliphatic rings. The highest BCUT2D eigenvalue weighted by Crippen LogP contribution is 2.27. The molecule has 0 unspecified atom stereocenters. The topological polar surface area (TPSA) is 123 Å². The maximum Gasteiger partial charge on any atom is 0.324 e. The number of nitrogens with zero attached hydrogens (tertiary/aromatic N) is 5. The van der Waals surface area contributed by atoms with Crippen LogP contribution >= 0.6 is 0 Å². The van der Waals surface area contributed by atoms with Crippen LogP contribution in [0.3, 0.4) is 0 Å². The van der Waals surface area contributed by atoms with E-state index in [0.29, 0.717) is 24.9 Å². The second kappa shape index (κ2) is 7.00. The third kappa shape index (κ3) is 3.40. The summed E-state index contributed by atoms with van der Waals surface area (Å²) in [5, 5.41) is 15.0. The Morgan fingerprint density at radius 2 is 1.85 bits per heavy atom. The lowest BCUT2D eigenvalue weighted by Crippen LogP contribution is -2.48. The van der Waals surface area contributed by atoms with Crippen LogP contribution in [-0.2, 0) is 10.0 Å². The van der Waals surface area contributed by atoms with Crippen LogP contribution < -0.4 is 4.90 Å². The van der Waals surface area contributed by atoms with Gasteiger partial charge in [-0.05, 0) is 6.07 Å². The molecular formula is C15H19N5O5S. The zero-order valence-electron chi connectivity index (χ0n) is 14.4. The Kier molecular flexibility index (Phi) is 4.92. The Balaban J connectivity index is 1.76. The van der Waals surface area contributed by atoms with E-state index in [1.54, 1.807) is 0 Å². The number of hydrogen-bond acceptors (Lipinski definition) is 8. The number of nitro groups is 1. The minimum atomic E-state index is -3.95. The number of sulfonamides is 1. The van der Waals surface area contributed by atoms with E-state index in [-0.39, 0.29) is 23.9 Å². The van der Waals surface area contributed by atoms with Gasteiger partial charge in [-0.2, -0.15) is 9.29 Å². The molecule has 0 amide bonds. The number of rotatable bonds is 5. The molecule has 0 bridgehead atoms. The van der Waals surface area contributed by atoms with E-state index in [9.17, 15) is 18.5 Å². The molecule has 1 fully saturated rings. The van der Waals surface area contributed by atoms with Gasteiger partial charge in [-0.3, -0.25) is 10.1 Å². The van der Waals surface area contributed by atoms with Gasteiger partial charge in [0.1, 0.15) is 0 Å². The number of aromatic nitrogens is 2. The SMILES string of the molecule is CC(C)c1noc(N2CCN(S(=O)(=O)c3ccccc3[N+](=O)[O-])CC2)n1. The Morgan fingerprint density at radius 3 is 2.42 bits per heavy atom. The van der Waals surface area contributed by atoms with Gasteiger partial charge in [-0.15, -0.1) is 0 Å². The van der Waals surface area contributed by atoms with Crippen molar-refractivity contribution >= 4 is 21.7 Å². The first-order valence-corrected chi connectivity index (χ1v) is 9.57. The van der Waals surface area contributed by atoms with Gasteiger partial charge in [-0.1, -0.05) is 31.1 Å². The first-order valence-electron chi connectivity index (χ1n) is 8.13. The van der Waals surface area contributed by atoms with Gasteiger partial charge >= 0.3 is 6.01 Å². The zero-order valence-corrected chi connectivity index (χ0v) is 15.2. The molecule has 140 valence electrons. The highest BCUT2D eigenvalue weighted by atomic mass is 32.2. The highest BCUT2D eigenvalue weighted by Gasteiger charge is 2.34. The van der Waals surface area contributed by atoms with Crippen molar-refractivity contribution in [3.8, 4) is 0 Å². The summed E-state index contributed by atoms with van der Waals surface area (Å²) >= 11 is 0. The molecular weight excluding hydrogens is 362 g/mol. The summed E-state index contributed by atoms with van der Waals surface area (Å²) in [6.07, 6.45) is 0. The standard InChI is InChI=1S/C15H19N5O5S/c1-11(2)14-16-15(25-17-14)18-7-9-19(10-8-18)26(23,24)13-6-4-3-5-12(13)20(21)22/h3-6,11H,7-10H2,1-2H3. The summed E-state index contributed by atoms with van der Waals surface area (Å²) in [7, 11) is -3.95. The molecule has 0 saturated carbocycles. The molecule has 1 aliphatic heterocycles. The van der Waals surface area contributed by atoms with Crippen LogP contribution in [0.4, 0.5) is 11.7 Å². The Bertz CT molecular complexity index is 903. The third-order valence-electron chi connectivity index (χ3n) is 4.14. The van der Waals surface area contributed by atoms with Crippen LogP contribution in [-0.4, -0.2) is 54.0 Å². The van der Waals surface area contributed by atoms with Gasteiger partial charge in [0, 0.05) is 38.2 Å². The largest absolute Gasteiger partial charge is 0.324 e. The lowest BCUT2D eigenvalue weighted by atomic mass is 10.2. The van der Waals surface area contributed by atoms with E-state index in [0.717, 1.165) is 0 Å². The molecule has 10 nitrogen and oxygen atoms in total. The highest BCUT2D eigenvalue weighted by molar-refractivity contribution is 7.89. The van der Waals surface area contributed by atoms with Crippen molar-refractivity contribution in [2.45, 2.75) is 24.7 Å². The number of benzene rings is 1. The van der Waals surface area contributed by atoms with Crippen LogP contribution in [0.15, 0.2) is 33.7 Å². The molecule has 0 spiro atoms. The van der Waals surface area contributed by atoms with Crippen molar-refractivity contribution in [2.75, 3.05) is 31.1 Å². The minimum Gasteiger partial charge on any atom is -0.322 e. The van der Waals surface area contributed by atoms with Crippen LogP contribution in [0.5, 0.6) is 0 Å². The van der Waals surface area contributed by atoms with Crippen molar-refractivity contribution < 1.29 is 17.9 Å². The number of piperazine rings is 1. The predicted molar refractivity (Wildman–Crippen MR) is 92.5 cm³/mol. The summed E-state index contributed by atoms with van der Waals surface area (Å²) in [5.41, 5.74) is -0.423. The number of hydrogen-bond donors (Lipinski definition) is 0. The van der Waals surface area contributed by atoms with Gasteiger partial charge < -0.3 is 9.42 Å². The Morgan fingerprint density at radius 1 is 1.19 bits per heavy atom. The maximum atomic E-state index is 12.8. The molecule has 0 N–H and O–H groups in total. The molecule has 1 aromatic carbocycles. The molecule has 26 heavy (non-hydrogen) atoms. The van der Waals surface area contributed by atoms with Gasteiger partial charge in [-0.25, -0.2) is 8.42 Å². The summed E-state index contributed by atoms with van der Waals surface area (Å²) in [5.74, 6) is 0.725. The maximum absolute atomic E-state index is 12.8. The third-order valence-corrected chi connectivity index (χ3v) is 6.08. The molecule has 1 saturated heterocycles. The van der Waals surface area contributed by atoms with Gasteiger partial charge in [0.05, 0.1) is 4.92 Å². The van der Waals surface area contributed by atoms with E-state index in [2.05, 4.69) is 10.1 Å². The average molecular weight is 381 g/mol. The first-order chi connectivity index (χ1) is 12.3. The number of anilines is 1. The van der Waals surface area contributed by atoms with Gasteiger partial charge in [0.2, 0.25) is 10.0 Å². The van der Waals surface area contributed by atoms with Gasteiger partial charge in [0.25, 0.3) is 5.69 Å². The summed E-state index contributed by atoms with van der Waals surface area (Å²) < 4.78 is 32.1. The van der Waals surface area contributed by atoms with Crippen LogP contribution in [0.1, 0.15) is 25.6 Å². The summed E-state index contributed by atoms with van der Waals surface area (Å²) in [6, 6.07) is 5.72. The van der Waals surface area contributed by atoms with Crippen molar-refractivity contribution in [3.05, 3.63) is 40.2 Å². The van der Waals surface area contributed by atoms with Crippen molar-refractivity contribution in [1.29, 1.82) is 0 Å². The zero-order chi connectivity index (χ0) is 18.9. The van der Waals surface area contributed by atoms with E-state index in [1.807, 2.05) is 18.7 Å².